The van der Waals surface area contributed by atoms with Crippen LogP contribution in [0.2, 0.25) is 0 Å². The van der Waals surface area contributed by atoms with E-state index in [0.717, 1.165) is 147 Å². The Bertz CT molecular complexity index is 1900. The monoisotopic (exact) mass is 907 g/mol. The number of ether oxygens (including phenoxy) is 4. The molecule has 8 nitrogen and oxygen atoms in total. The minimum atomic E-state index is -1.40. The molecule has 0 aromatic heterocycles. The zero-order chi connectivity index (χ0) is 46.6. The van der Waals surface area contributed by atoms with Crippen molar-refractivity contribution in [3.8, 4) is 0 Å². The van der Waals surface area contributed by atoms with Crippen LogP contribution in [-0.4, -0.2) is 119 Å². The van der Waals surface area contributed by atoms with Crippen LogP contribution in [0.4, 0.5) is 0 Å². The summed E-state index contributed by atoms with van der Waals surface area (Å²) in [7, 11) is -1.40. The van der Waals surface area contributed by atoms with E-state index in [9.17, 15) is 10.0 Å². The molecule has 0 amide bonds. The Morgan fingerprint density at radius 3 is 2.14 bits per heavy atom. The van der Waals surface area contributed by atoms with Gasteiger partial charge in [-0.25, -0.2) is 0 Å². The van der Waals surface area contributed by atoms with E-state index in [-0.39, 0.29) is 0 Å². The maximum absolute atomic E-state index is 10.3. The molecule has 0 bridgehead atoms. The fraction of sp³-hybridized carbons (Fsp3) is 0.614. The molecule has 0 aliphatic heterocycles. The fourth-order valence-corrected chi connectivity index (χ4v) is 9.55. The maximum Gasteiger partial charge on any atom is 0.484 e. The third kappa shape index (κ3) is 18.8. The normalized spacial score (nSPS) is 15.3. The minimum absolute atomic E-state index is 0.569. The Balaban J connectivity index is 1.13. The lowest BCUT2D eigenvalue weighted by atomic mass is 9.74. The zero-order valence-electron chi connectivity index (χ0n) is 41.7. The van der Waals surface area contributed by atoms with Crippen LogP contribution >= 0.6 is 0 Å². The van der Waals surface area contributed by atoms with Gasteiger partial charge in [0, 0.05) is 59.2 Å². The smallest absolute Gasteiger partial charge is 0.423 e. The van der Waals surface area contributed by atoms with Crippen LogP contribution in [0.15, 0.2) is 89.0 Å². The van der Waals surface area contributed by atoms with Crippen LogP contribution in [0.25, 0.3) is 22.4 Å². The van der Waals surface area contributed by atoms with Gasteiger partial charge in [-0.3, -0.25) is 9.80 Å². The number of unbranched alkanes of at least 4 members (excludes halogenated alkanes) is 5. The van der Waals surface area contributed by atoms with Crippen LogP contribution < -0.4 is 0 Å². The van der Waals surface area contributed by atoms with Gasteiger partial charge in [0.25, 0.3) is 0 Å². The SMILES string of the molecule is CCC/C=C(/CCN(CCCCCCN(CCOCCCCOCCCOCCOCCC)CC1=C(B(O)O)CCCC=C1)CC1=C2C=CCc3cccc4ccc(c2c34)C=CC1)C(C)C. The molecular formula is C57H87BN2O6. The van der Waals surface area contributed by atoms with E-state index in [1.807, 2.05) is 0 Å². The lowest BCUT2D eigenvalue weighted by Crippen LogP contribution is -2.32. The summed E-state index contributed by atoms with van der Waals surface area (Å²) in [6, 6.07) is 11.4. The van der Waals surface area contributed by atoms with Crippen molar-refractivity contribution in [1.29, 1.82) is 0 Å². The van der Waals surface area contributed by atoms with Gasteiger partial charge in [0.2, 0.25) is 0 Å². The Morgan fingerprint density at radius 2 is 1.39 bits per heavy atom. The first-order valence-electron chi connectivity index (χ1n) is 26.2. The van der Waals surface area contributed by atoms with Crippen LogP contribution in [-0.2, 0) is 25.4 Å². The summed E-state index contributed by atoms with van der Waals surface area (Å²) < 4.78 is 23.0. The number of hydrogen-bond acceptors (Lipinski definition) is 8. The summed E-state index contributed by atoms with van der Waals surface area (Å²) in [5, 5.41) is 23.4. The molecule has 2 N–H and O–H groups in total. The second kappa shape index (κ2) is 31.8. The van der Waals surface area contributed by atoms with Crippen LogP contribution in [0.1, 0.15) is 141 Å². The molecule has 2 aromatic carbocycles. The number of nitrogens with zero attached hydrogens (tertiary/aromatic N) is 2. The second-order valence-corrected chi connectivity index (χ2v) is 18.9. The van der Waals surface area contributed by atoms with E-state index in [2.05, 4.69) is 110 Å². The molecule has 66 heavy (non-hydrogen) atoms. The number of benzene rings is 2. The number of allylic oxidation sites excluding steroid dienone is 7. The van der Waals surface area contributed by atoms with Crippen molar-refractivity contribution < 1.29 is 29.0 Å². The molecule has 0 saturated carbocycles. The molecule has 0 spiro atoms. The average Bonchev–Trinajstić information content (AvgIpc) is 3.75. The third-order valence-electron chi connectivity index (χ3n) is 13.3. The molecule has 0 atom stereocenters. The van der Waals surface area contributed by atoms with Crippen LogP contribution in [0.3, 0.4) is 0 Å². The van der Waals surface area contributed by atoms with Crippen molar-refractivity contribution in [2.75, 3.05) is 92.1 Å². The van der Waals surface area contributed by atoms with Gasteiger partial charge in [-0.1, -0.05) is 125 Å². The van der Waals surface area contributed by atoms with Gasteiger partial charge in [-0.05, 0) is 152 Å². The summed E-state index contributed by atoms with van der Waals surface area (Å²) in [6.07, 6.45) is 33.1. The summed E-state index contributed by atoms with van der Waals surface area (Å²) in [5.74, 6) is 0.569. The average molecular weight is 907 g/mol. The highest BCUT2D eigenvalue weighted by molar-refractivity contribution is 6.51. The molecular weight excluding hydrogens is 819 g/mol. The van der Waals surface area contributed by atoms with E-state index in [1.165, 1.54) is 64.3 Å². The predicted octanol–water partition coefficient (Wildman–Crippen LogP) is 11.8. The quantitative estimate of drug-likeness (QED) is 0.0402. The van der Waals surface area contributed by atoms with Gasteiger partial charge in [0.05, 0.1) is 19.8 Å². The van der Waals surface area contributed by atoms with Gasteiger partial charge < -0.3 is 29.0 Å². The first-order valence-corrected chi connectivity index (χ1v) is 26.2. The lowest BCUT2D eigenvalue weighted by molar-refractivity contribution is 0.0346. The van der Waals surface area contributed by atoms with Crippen molar-refractivity contribution in [2.45, 2.75) is 130 Å². The standard InChI is InChI=1S/C57H87BN2O6/c1-5-7-21-48(47(3)4)32-35-59(45-52-27-18-25-51-31-30-50-24-17-23-49-26-19-28-54(52)57(51)56(49)50)33-13-8-9-14-34-60(46-53-22-11-10-12-29-55(53)58(61)62)36-42-65-39-16-15-38-64-40-20-41-66-44-43-63-37-6-2/h11,17-19,21-25,28,30-31,47,61-62H,5-10,12-16,20,26-27,29,32-46H2,1-4H3/b48-21-. The molecule has 0 saturated heterocycles. The van der Waals surface area contributed by atoms with Crippen LogP contribution in [0, 0.1) is 5.92 Å². The first-order chi connectivity index (χ1) is 32.4. The van der Waals surface area contributed by atoms with Gasteiger partial charge in [-0.15, -0.1) is 0 Å². The van der Waals surface area contributed by atoms with E-state index < -0.39 is 7.12 Å². The molecule has 2 aromatic rings. The molecule has 0 unspecified atom stereocenters. The summed E-state index contributed by atoms with van der Waals surface area (Å²) >= 11 is 0. The second-order valence-electron chi connectivity index (χ2n) is 18.9. The van der Waals surface area contributed by atoms with Crippen molar-refractivity contribution in [2.24, 2.45) is 5.92 Å². The topological polar surface area (TPSA) is 83.9 Å². The summed E-state index contributed by atoms with van der Waals surface area (Å²) in [4.78, 5) is 5.23. The van der Waals surface area contributed by atoms with Crippen molar-refractivity contribution in [3.63, 3.8) is 0 Å². The lowest BCUT2D eigenvalue weighted by Gasteiger charge is -2.27. The molecule has 5 rings (SSSR count). The highest BCUT2D eigenvalue weighted by atomic mass is 16.5. The number of hydrogen-bond donors (Lipinski definition) is 2. The van der Waals surface area contributed by atoms with E-state index in [4.69, 9.17) is 18.9 Å². The maximum atomic E-state index is 10.3. The Labute approximate surface area is 401 Å². The molecule has 0 fully saturated rings. The summed E-state index contributed by atoms with van der Waals surface area (Å²) in [6.45, 7) is 20.5. The first kappa shape index (κ1) is 53.8. The van der Waals surface area contributed by atoms with Gasteiger partial charge >= 0.3 is 7.12 Å². The Hall–Kier alpha value is -3.12. The van der Waals surface area contributed by atoms with E-state index in [1.54, 1.807) is 5.57 Å². The predicted molar refractivity (Wildman–Crippen MR) is 279 cm³/mol. The van der Waals surface area contributed by atoms with Gasteiger partial charge in [0.15, 0.2) is 0 Å². The number of rotatable bonds is 35. The van der Waals surface area contributed by atoms with Crippen molar-refractivity contribution >= 4 is 29.5 Å². The van der Waals surface area contributed by atoms with Crippen molar-refractivity contribution in [3.05, 3.63) is 106 Å². The molecule has 3 aliphatic rings. The molecule has 364 valence electrons. The largest absolute Gasteiger partial charge is 0.484 e. The molecule has 9 heteroatoms. The highest BCUT2D eigenvalue weighted by Gasteiger charge is 2.23. The van der Waals surface area contributed by atoms with E-state index >= 15 is 0 Å². The fourth-order valence-electron chi connectivity index (χ4n) is 9.55. The third-order valence-corrected chi connectivity index (χ3v) is 13.3. The molecule has 3 aliphatic carbocycles. The summed E-state index contributed by atoms with van der Waals surface area (Å²) in [5.41, 5.74) is 10.6. The molecule has 0 heterocycles. The molecule has 0 radical (unpaired) electrons. The Morgan fingerprint density at radius 1 is 0.682 bits per heavy atom. The van der Waals surface area contributed by atoms with E-state index in [0.29, 0.717) is 38.9 Å². The van der Waals surface area contributed by atoms with Gasteiger partial charge in [-0.2, -0.15) is 0 Å². The minimum Gasteiger partial charge on any atom is -0.423 e. The van der Waals surface area contributed by atoms with Gasteiger partial charge in [0.1, 0.15) is 0 Å². The van der Waals surface area contributed by atoms with Crippen molar-refractivity contribution in [1.82, 2.24) is 9.80 Å². The highest BCUT2D eigenvalue weighted by Crippen LogP contribution is 2.39. The zero-order valence-corrected chi connectivity index (χ0v) is 41.7. The Kier molecular flexibility index (Phi) is 26.0. The van der Waals surface area contributed by atoms with Crippen LogP contribution in [0.5, 0.6) is 0 Å².